The van der Waals surface area contributed by atoms with Crippen LogP contribution in [0.3, 0.4) is 0 Å². The highest BCUT2D eigenvalue weighted by Crippen LogP contribution is 2.38. The summed E-state index contributed by atoms with van der Waals surface area (Å²) in [7, 11) is 0.544. The summed E-state index contributed by atoms with van der Waals surface area (Å²) in [6, 6.07) is 13.8. The lowest BCUT2D eigenvalue weighted by Gasteiger charge is -2.32. The average Bonchev–Trinajstić information content (AvgIpc) is 3.22. The quantitative estimate of drug-likeness (QED) is 0.249. The zero-order valence-electron chi connectivity index (χ0n) is 26.5. The van der Waals surface area contributed by atoms with Crippen molar-refractivity contribution in [3.05, 3.63) is 88.5 Å². The minimum absolute atomic E-state index is 0.0191. The first-order chi connectivity index (χ1) is 21.3. The smallest absolute Gasteiger partial charge is 0.494 e. The van der Waals surface area contributed by atoms with Gasteiger partial charge in [-0.1, -0.05) is 42.5 Å². The molecule has 0 saturated carbocycles. The molecule has 0 aromatic heterocycles. The number of rotatable bonds is 9. The van der Waals surface area contributed by atoms with Crippen molar-refractivity contribution in [1.29, 1.82) is 0 Å². The number of nitrogens with one attached hydrogen (secondary N) is 2. The molecule has 5 rings (SSSR count). The highest BCUT2D eigenvalue weighted by molar-refractivity contribution is 6.63. The van der Waals surface area contributed by atoms with Gasteiger partial charge in [-0.15, -0.1) is 0 Å². The van der Waals surface area contributed by atoms with E-state index in [-0.39, 0.29) is 18.2 Å². The monoisotopic (exact) mass is 620 g/mol. The highest BCUT2D eigenvalue weighted by atomic mass is 19.1. The third-order valence-electron chi connectivity index (χ3n) is 8.88. The van der Waals surface area contributed by atoms with Crippen molar-refractivity contribution in [3.63, 3.8) is 0 Å². The number of ether oxygens (including phenoxy) is 2. The lowest BCUT2D eigenvalue weighted by molar-refractivity contribution is -0.142. The van der Waals surface area contributed by atoms with Gasteiger partial charge in [0, 0.05) is 23.6 Å². The summed E-state index contributed by atoms with van der Waals surface area (Å²) in [5, 5.41) is 5.55. The van der Waals surface area contributed by atoms with Crippen LogP contribution < -0.4 is 20.8 Å². The minimum Gasteiger partial charge on any atom is -0.494 e. The van der Waals surface area contributed by atoms with Gasteiger partial charge in [0.25, 0.3) is 5.91 Å². The molecule has 3 aromatic rings. The minimum atomic E-state index is -1.22. The van der Waals surface area contributed by atoms with Crippen molar-refractivity contribution in [2.24, 2.45) is 0 Å². The Balaban J connectivity index is 1.37. The maximum atomic E-state index is 15.2. The summed E-state index contributed by atoms with van der Waals surface area (Å²) in [5.41, 5.74) is 1.56. The highest BCUT2D eigenvalue weighted by Gasteiger charge is 2.52. The maximum absolute atomic E-state index is 15.2. The summed E-state index contributed by atoms with van der Waals surface area (Å²) in [6.45, 7) is 10.3. The fraction of sp³-hybridized carbons (Fsp3) is 0.412. The van der Waals surface area contributed by atoms with Crippen molar-refractivity contribution in [2.75, 3.05) is 19.0 Å². The predicted octanol–water partition coefficient (Wildman–Crippen LogP) is 5.28. The molecule has 2 aliphatic rings. The molecule has 8 nitrogen and oxygen atoms in total. The molecule has 2 atom stereocenters. The second-order valence-corrected chi connectivity index (χ2v) is 12.5. The van der Waals surface area contributed by atoms with Crippen molar-refractivity contribution < 1.29 is 37.2 Å². The number of fused-ring (bicyclic) bond motifs is 1. The molecule has 3 aromatic carbocycles. The number of anilines is 1. The molecule has 1 fully saturated rings. The number of amides is 1. The summed E-state index contributed by atoms with van der Waals surface area (Å²) in [5.74, 6) is -3.31. The summed E-state index contributed by atoms with van der Waals surface area (Å²) >= 11 is 0. The Bertz CT molecular complexity index is 1540. The van der Waals surface area contributed by atoms with E-state index >= 15 is 8.78 Å². The standard InChI is InChI=1S/C34H39BF2N2O6/c1-20(21-11-8-7-9-12-21)38-23-18-26(36)29(27(37)19-23)31(40)39-28(32(41)42-6)17-22-14-15-25(30-24(22)13-10-16-43-30)35-44-33(2,3)34(4,5)45-35/h7-9,11-12,14-15,18-20,28,38H,10,13,16-17H2,1-6H3,(H,39,40)/t20-,28-/m0/s1. The van der Waals surface area contributed by atoms with Crippen LogP contribution in [0.1, 0.15) is 74.1 Å². The fourth-order valence-electron chi connectivity index (χ4n) is 5.64. The molecule has 0 bridgehead atoms. The Kier molecular flexibility index (Phi) is 9.23. The van der Waals surface area contributed by atoms with Gasteiger partial charge in [0.2, 0.25) is 0 Å². The molecule has 2 N–H and O–H groups in total. The molecule has 2 aliphatic heterocycles. The van der Waals surface area contributed by atoms with Gasteiger partial charge in [0.05, 0.1) is 24.9 Å². The number of halogens is 2. The normalized spacial score (nSPS) is 17.9. The SMILES string of the molecule is COC(=O)[C@H](Cc1ccc(B2OC(C)(C)C(C)(C)O2)c2c1CCCO2)NC(=O)c1c(F)cc(N[C@@H](C)c2ccccc2)cc1F. The largest absolute Gasteiger partial charge is 0.498 e. The van der Waals surface area contributed by atoms with E-state index < -0.39 is 53.4 Å². The van der Waals surface area contributed by atoms with Gasteiger partial charge in [-0.25, -0.2) is 13.6 Å². The van der Waals surface area contributed by atoms with E-state index in [4.69, 9.17) is 18.8 Å². The Labute approximate surface area is 262 Å². The van der Waals surface area contributed by atoms with Crippen LogP contribution >= 0.6 is 0 Å². The van der Waals surface area contributed by atoms with Gasteiger partial charge >= 0.3 is 13.1 Å². The maximum Gasteiger partial charge on any atom is 0.498 e. The molecule has 0 unspecified atom stereocenters. The molecule has 0 radical (unpaired) electrons. The molecule has 1 saturated heterocycles. The zero-order valence-corrected chi connectivity index (χ0v) is 26.5. The summed E-state index contributed by atoms with van der Waals surface area (Å²) in [6.07, 6.45) is 1.44. The number of benzene rings is 3. The van der Waals surface area contributed by atoms with E-state index in [1.807, 2.05) is 77.1 Å². The second-order valence-electron chi connectivity index (χ2n) is 12.5. The van der Waals surface area contributed by atoms with E-state index in [2.05, 4.69) is 10.6 Å². The van der Waals surface area contributed by atoms with Crippen LogP contribution in [0.25, 0.3) is 0 Å². The van der Waals surface area contributed by atoms with Crippen LogP contribution in [-0.4, -0.2) is 50.0 Å². The fourth-order valence-corrected chi connectivity index (χ4v) is 5.64. The van der Waals surface area contributed by atoms with Crippen LogP contribution in [0, 0.1) is 11.6 Å². The van der Waals surface area contributed by atoms with Crippen LogP contribution in [0.5, 0.6) is 5.75 Å². The van der Waals surface area contributed by atoms with E-state index in [0.29, 0.717) is 18.8 Å². The van der Waals surface area contributed by atoms with Crippen molar-refractivity contribution >= 4 is 30.1 Å². The second kappa shape index (κ2) is 12.8. The van der Waals surface area contributed by atoms with Crippen LogP contribution in [-0.2, 0) is 31.7 Å². The lowest BCUT2D eigenvalue weighted by atomic mass is 9.75. The molecular weight excluding hydrogens is 581 g/mol. The van der Waals surface area contributed by atoms with Gasteiger partial charge in [0.15, 0.2) is 0 Å². The van der Waals surface area contributed by atoms with Crippen molar-refractivity contribution in [2.45, 2.75) is 77.2 Å². The first kappa shape index (κ1) is 32.4. The number of hydrogen-bond donors (Lipinski definition) is 2. The van der Waals surface area contributed by atoms with Crippen LogP contribution in [0.2, 0.25) is 0 Å². The van der Waals surface area contributed by atoms with Gasteiger partial charge in [-0.2, -0.15) is 0 Å². The van der Waals surface area contributed by atoms with E-state index in [0.717, 1.165) is 40.7 Å². The average molecular weight is 621 g/mol. The Hall–Kier alpha value is -3.96. The molecule has 1 amide bonds. The number of carbonyl (C=O) groups excluding carboxylic acids is 2. The first-order valence-corrected chi connectivity index (χ1v) is 15.1. The number of hydrogen-bond acceptors (Lipinski definition) is 7. The van der Waals surface area contributed by atoms with Gasteiger partial charge in [-0.3, -0.25) is 4.79 Å². The molecule has 11 heteroatoms. The zero-order chi connectivity index (χ0) is 32.5. The summed E-state index contributed by atoms with van der Waals surface area (Å²) < 4.78 is 54.0. The molecule has 2 heterocycles. The molecule has 0 spiro atoms. The van der Waals surface area contributed by atoms with E-state index in [9.17, 15) is 9.59 Å². The predicted molar refractivity (Wildman–Crippen MR) is 168 cm³/mol. The Morgan fingerprint density at radius 1 is 1.00 bits per heavy atom. The Morgan fingerprint density at radius 3 is 2.27 bits per heavy atom. The van der Waals surface area contributed by atoms with E-state index in [1.165, 1.54) is 7.11 Å². The Morgan fingerprint density at radius 2 is 1.64 bits per heavy atom. The molecular formula is C34H39BF2N2O6. The third kappa shape index (κ3) is 6.70. The van der Waals surface area contributed by atoms with Crippen molar-refractivity contribution in [1.82, 2.24) is 5.32 Å². The third-order valence-corrected chi connectivity index (χ3v) is 8.88. The number of carbonyl (C=O) groups is 2. The molecule has 45 heavy (non-hydrogen) atoms. The van der Waals surface area contributed by atoms with Gasteiger partial charge in [0.1, 0.15) is 29.0 Å². The number of esters is 1. The van der Waals surface area contributed by atoms with Crippen LogP contribution in [0.4, 0.5) is 14.5 Å². The van der Waals surface area contributed by atoms with Gasteiger partial charge < -0.3 is 29.4 Å². The molecule has 238 valence electrons. The topological polar surface area (TPSA) is 95.1 Å². The first-order valence-electron chi connectivity index (χ1n) is 15.1. The van der Waals surface area contributed by atoms with Gasteiger partial charge in [-0.05, 0) is 76.3 Å². The summed E-state index contributed by atoms with van der Waals surface area (Å²) in [4.78, 5) is 26.1. The lowest BCUT2D eigenvalue weighted by Crippen LogP contribution is -2.44. The van der Waals surface area contributed by atoms with Crippen molar-refractivity contribution in [3.8, 4) is 5.75 Å². The molecule has 0 aliphatic carbocycles. The van der Waals surface area contributed by atoms with Crippen LogP contribution in [0.15, 0.2) is 54.6 Å². The number of methoxy groups -OCH3 is 1. The van der Waals surface area contributed by atoms with E-state index in [1.54, 1.807) is 0 Å².